The van der Waals surface area contributed by atoms with Gasteiger partial charge in [-0.3, -0.25) is 9.59 Å². The fourth-order valence-electron chi connectivity index (χ4n) is 6.75. The highest BCUT2D eigenvalue weighted by Gasteiger charge is 2.71. The number of aryl methyl sites for hydroxylation is 1. The summed E-state index contributed by atoms with van der Waals surface area (Å²) in [5, 5.41) is 9.59. The highest BCUT2D eigenvalue weighted by atomic mass is 16.6. The lowest BCUT2D eigenvalue weighted by Crippen LogP contribution is -2.66. The summed E-state index contributed by atoms with van der Waals surface area (Å²) in [6, 6.07) is 1.71. The first-order chi connectivity index (χ1) is 14.3. The van der Waals surface area contributed by atoms with E-state index >= 15 is 0 Å². The zero-order chi connectivity index (χ0) is 22.9. The van der Waals surface area contributed by atoms with Gasteiger partial charge in [0.15, 0.2) is 0 Å². The van der Waals surface area contributed by atoms with E-state index in [-0.39, 0.29) is 18.3 Å². The Morgan fingerprint density at radius 1 is 1.26 bits per heavy atom. The fraction of sp³-hybridized carbons (Fsp3) is 0.696. The number of hydrogen-bond donors (Lipinski definition) is 1. The Kier molecular flexibility index (Phi) is 4.81. The molecule has 0 spiro atoms. The second-order valence-electron chi connectivity index (χ2n) is 10.2. The smallest absolute Gasteiger partial charge is 0.342 e. The maximum atomic E-state index is 12.6. The molecule has 1 N–H and O–H groups in total. The van der Waals surface area contributed by atoms with Crippen LogP contribution in [0.4, 0.5) is 0 Å². The number of fused-ring (bicyclic) bond motifs is 4. The predicted octanol–water partition coefficient (Wildman–Crippen LogP) is 2.87. The van der Waals surface area contributed by atoms with E-state index in [0.29, 0.717) is 29.9 Å². The standard InChI is InChI=1S/C23H30O8/c1-11-7-14-13(20(27)28-11)8-16-22(5,30-14)10-15(29-12(2)24)19-21(3,4)31-17(9-18(25)26)23(16,19)6/h7,15-17,19H,8-10H2,1-6H3,(H,25,26). The molecule has 6 unspecified atom stereocenters. The van der Waals surface area contributed by atoms with E-state index in [1.165, 1.54) is 6.92 Å². The Labute approximate surface area is 180 Å². The molecule has 0 radical (unpaired) electrons. The number of ether oxygens (including phenoxy) is 3. The zero-order valence-electron chi connectivity index (χ0n) is 18.8. The van der Waals surface area contributed by atoms with E-state index in [1.807, 2.05) is 27.7 Å². The van der Waals surface area contributed by atoms with Crippen LogP contribution in [0.3, 0.4) is 0 Å². The van der Waals surface area contributed by atoms with Gasteiger partial charge in [-0.15, -0.1) is 0 Å². The lowest BCUT2D eigenvalue weighted by Gasteiger charge is -2.59. The maximum Gasteiger partial charge on any atom is 0.342 e. The van der Waals surface area contributed by atoms with Crippen molar-refractivity contribution in [3.63, 3.8) is 0 Å². The third kappa shape index (κ3) is 3.26. The van der Waals surface area contributed by atoms with Crippen LogP contribution in [0, 0.1) is 24.2 Å². The minimum atomic E-state index is -0.966. The average Bonchev–Trinajstić information content (AvgIpc) is 2.77. The SMILES string of the molecule is CC(=O)OC1CC2(C)Oc3cc(C)oc(=O)c3CC2C2(C)C(CC(=O)O)OC(C)(C)C12. The van der Waals surface area contributed by atoms with Crippen LogP contribution in [0.5, 0.6) is 5.75 Å². The van der Waals surface area contributed by atoms with Gasteiger partial charge >= 0.3 is 17.6 Å². The molecule has 6 atom stereocenters. The van der Waals surface area contributed by atoms with Crippen LogP contribution in [0.25, 0.3) is 0 Å². The number of carboxylic acids is 1. The molecule has 31 heavy (non-hydrogen) atoms. The molecule has 0 bridgehead atoms. The molecule has 2 aliphatic heterocycles. The van der Waals surface area contributed by atoms with Crippen molar-refractivity contribution < 1.29 is 33.3 Å². The van der Waals surface area contributed by atoms with Crippen molar-refractivity contribution in [1.29, 1.82) is 0 Å². The largest absolute Gasteiger partial charge is 0.486 e. The molecular weight excluding hydrogens is 404 g/mol. The molecule has 1 aromatic heterocycles. The molecule has 3 heterocycles. The summed E-state index contributed by atoms with van der Waals surface area (Å²) >= 11 is 0. The molecule has 8 heteroatoms. The van der Waals surface area contributed by atoms with Crippen LogP contribution in [0.15, 0.2) is 15.3 Å². The van der Waals surface area contributed by atoms with Crippen molar-refractivity contribution in [3.05, 3.63) is 27.8 Å². The van der Waals surface area contributed by atoms with Crippen molar-refractivity contribution in [2.24, 2.45) is 17.3 Å². The number of carbonyl (C=O) groups is 2. The van der Waals surface area contributed by atoms with Crippen LogP contribution in [0.2, 0.25) is 0 Å². The lowest BCUT2D eigenvalue weighted by atomic mass is 9.49. The Bertz CT molecular complexity index is 994. The Morgan fingerprint density at radius 3 is 2.55 bits per heavy atom. The number of carboxylic acid groups (broad SMARTS) is 1. The third-order valence-electron chi connectivity index (χ3n) is 7.59. The monoisotopic (exact) mass is 434 g/mol. The molecule has 1 saturated heterocycles. The van der Waals surface area contributed by atoms with Gasteiger partial charge in [-0.25, -0.2) is 4.79 Å². The normalized spacial score (nSPS) is 37.7. The minimum absolute atomic E-state index is 0.189. The minimum Gasteiger partial charge on any atom is -0.486 e. The first kappa shape index (κ1) is 21.9. The second-order valence-corrected chi connectivity index (χ2v) is 10.2. The molecule has 4 rings (SSSR count). The first-order valence-electron chi connectivity index (χ1n) is 10.7. The Balaban J connectivity index is 1.89. The Hall–Kier alpha value is -2.35. The highest BCUT2D eigenvalue weighted by Crippen LogP contribution is 2.65. The van der Waals surface area contributed by atoms with Crippen molar-refractivity contribution >= 4 is 11.9 Å². The first-order valence-corrected chi connectivity index (χ1v) is 10.7. The van der Waals surface area contributed by atoms with Crippen molar-refractivity contribution in [1.82, 2.24) is 0 Å². The van der Waals surface area contributed by atoms with Gasteiger partial charge in [0.25, 0.3) is 0 Å². The summed E-state index contributed by atoms with van der Waals surface area (Å²) in [4.78, 5) is 36.3. The highest BCUT2D eigenvalue weighted by molar-refractivity contribution is 5.68. The summed E-state index contributed by atoms with van der Waals surface area (Å²) in [6.45, 7) is 10.8. The third-order valence-corrected chi connectivity index (χ3v) is 7.59. The van der Waals surface area contributed by atoms with Gasteiger partial charge in [-0.1, -0.05) is 6.92 Å². The number of hydrogen-bond acceptors (Lipinski definition) is 7. The molecule has 1 aromatic rings. The van der Waals surface area contributed by atoms with Crippen LogP contribution in [-0.2, 0) is 25.5 Å². The molecule has 1 aliphatic carbocycles. The van der Waals surface area contributed by atoms with E-state index < -0.39 is 46.4 Å². The predicted molar refractivity (Wildman–Crippen MR) is 109 cm³/mol. The molecule has 170 valence electrons. The molecular formula is C23H30O8. The van der Waals surface area contributed by atoms with Crippen molar-refractivity contribution in [2.75, 3.05) is 0 Å². The number of carbonyl (C=O) groups excluding carboxylic acids is 1. The van der Waals surface area contributed by atoms with Gasteiger partial charge < -0.3 is 23.7 Å². The van der Waals surface area contributed by atoms with Gasteiger partial charge in [-0.2, -0.15) is 0 Å². The van der Waals surface area contributed by atoms with E-state index in [2.05, 4.69) is 0 Å². The quantitative estimate of drug-likeness (QED) is 0.723. The average molecular weight is 434 g/mol. The lowest BCUT2D eigenvalue weighted by molar-refractivity contribution is -0.190. The zero-order valence-corrected chi connectivity index (χ0v) is 18.8. The van der Waals surface area contributed by atoms with Gasteiger partial charge in [-0.05, 0) is 34.1 Å². The van der Waals surface area contributed by atoms with Crippen LogP contribution < -0.4 is 10.4 Å². The summed E-state index contributed by atoms with van der Waals surface area (Å²) in [7, 11) is 0. The van der Waals surface area contributed by atoms with Gasteiger partial charge in [0.05, 0.1) is 23.7 Å². The molecule has 0 aromatic carbocycles. The summed E-state index contributed by atoms with van der Waals surface area (Å²) < 4.78 is 23.9. The van der Waals surface area contributed by atoms with Gasteiger partial charge in [0.1, 0.15) is 23.2 Å². The molecule has 8 nitrogen and oxygen atoms in total. The van der Waals surface area contributed by atoms with Crippen LogP contribution >= 0.6 is 0 Å². The van der Waals surface area contributed by atoms with E-state index in [4.69, 9.17) is 18.6 Å². The number of rotatable bonds is 3. The summed E-state index contributed by atoms with van der Waals surface area (Å²) in [5.41, 5.74) is -2.21. The molecule has 1 saturated carbocycles. The second kappa shape index (κ2) is 6.82. The van der Waals surface area contributed by atoms with E-state index in [1.54, 1.807) is 13.0 Å². The van der Waals surface area contributed by atoms with Gasteiger partial charge in [0, 0.05) is 36.7 Å². The van der Waals surface area contributed by atoms with Crippen LogP contribution in [-0.4, -0.2) is 40.5 Å². The summed E-state index contributed by atoms with van der Waals surface area (Å²) in [6.07, 6.45) is -0.534. The van der Waals surface area contributed by atoms with E-state index in [9.17, 15) is 19.5 Å². The topological polar surface area (TPSA) is 112 Å². The summed E-state index contributed by atoms with van der Waals surface area (Å²) in [5.74, 6) is -0.943. The van der Waals surface area contributed by atoms with Crippen molar-refractivity contribution in [2.45, 2.75) is 84.2 Å². The van der Waals surface area contributed by atoms with Crippen LogP contribution in [0.1, 0.15) is 58.8 Å². The maximum absolute atomic E-state index is 12.6. The van der Waals surface area contributed by atoms with Gasteiger partial charge in [0.2, 0.25) is 0 Å². The number of esters is 1. The number of aliphatic carboxylic acids is 1. The molecule has 0 amide bonds. The fourth-order valence-corrected chi connectivity index (χ4v) is 6.75. The van der Waals surface area contributed by atoms with E-state index in [0.717, 1.165) is 0 Å². The van der Waals surface area contributed by atoms with Crippen molar-refractivity contribution in [3.8, 4) is 5.75 Å². The molecule has 2 fully saturated rings. The molecule has 3 aliphatic rings. The Morgan fingerprint density at radius 2 is 1.94 bits per heavy atom.